The Kier molecular flexibility index (Phi) is 5.61. The van der Waals surface area contributed by atoms with Crippen LogP contribution in [0.1, 0.15) is 36.9 Å². The van der Waals surface area contributed by atoms with Crippen LogP contribution < -0.4 is 10.7 Å². The molecule has 0 radical (unpaired) electrons. The number of β-amino-alcohol motifs (C(OH)–C–C–N with tert-alkyl or cyclic N) is 1. The van der Waals surface area contributed by atoms with Gasteiger partial charge in [-0.15, -0.1) is 0 Å². The van der Waals surface area contributed by atoms with Crippen LogP contribution in [0.3, 0.4) is 0 Å². The fourth-order valence-electron chi connectivity index (χ4n) is 3.00. The number of benzene rings is 1. The summed E-state index contributed by atoms with van der Waals surface area (Å²) in [6.07, 6.45) is -3.32. The summed E-state index contributed by atoms with van der Waals surface area (Å²) in [5, 5.41) is 12.2. The number of halogens is 1. The van der Waals surface area contributed by atoms with Crippen molar-refractivity contribution in [1.29, 1.82) is 0 Å². The second-order valence-corrected chi connectivity index (χ2v) is 7.94. The summed E-state index contributed by atoms with van der Waals surface area (Å²) >= 11 is 0. The van der Waals surface area contributed by atoms with E-state index in [-0.39, 0.29) is 47.4 Å². The van der Waals surface area contributed by atoms with E-state index in [0.717, 1.165) is 0 Å². The molecule has 2 atom stereocenters. The van der Waals surface area contributed by atoms with Crippen molar-refractivity contribution in [2.75, 3.05) is 13.1 Å². The van der Waals surface area contributed by atoms with E-state index in [9.17, 15) is 23.9 Å². The molecule has 9 heteroatoms. The number of carbonyl (C=O) groups excluding carboxylic acids is 2. The molecule has 0 bridgehead atoms. The molecule has 1 saturated heterocycles. The maximum atomic E-state index is 13.5. The van der Waals surface area contributed by atoms with Crippen molar-refractivity contribution >= 4 is 23.0 Å². The lowest BCUT2D eigenvalue weighted by atomic mass is 10.1. The third-order valence-electron chi connectivity index (χ3n) is 4.34. The molecule has 3 rings (SSSR count). The van der Waals surface area contributed by atoms with Crippen LogP contribution in [0.4, 0.5) is 9.18 Å². The predicted octanol–water partition coefficient (Wildman–Crippen LogP) is 1.97. The van der Waals surface area contributed by atoms with Crippen molar-refractivity contribution in [3.05, 3.63) is 45.8 Å². The van der Waals surface area contributed by atoms with Gasteiger partial charge in [-0.05, 0) is 39.0 Å². The Labute approximate surface area is 166 Å². The van der Waals surface area contributed by atoms with Crippen LogP contribution in [0.5, 0.6) is 0 Å². The summed E-state index contributed by atoms with van der Waals surface area (Å²) in [7, 11) is 0. The number of alkyl halides is 1. The van der Waals surface area contributed by atoms with Crippen molar-refractivity contribution in [3.8, 4) is 0 Å². The zero-order chi connectivity index (χ0) is 21.3. The van der Waals surface area contributed by atoms with Crippen LogP contribution in [0.2, 0.25) is 0 Å². The number of alkyl carbamates (subject to hydrolysis) is 1. The number of likely N-dealkylation sites (tertiary alicyclic amines) is 1. The number of hydrogen-bond acceptors (Lipinski definition) is 6. The molecule has 0 spiro atoms. The predicted molar refractivity (Wildman–Crippen MR) is 102 cm³/mol. The summed E-state index contributed by atoms with van der Waals surface area (Å²) in [5.74, 6) is -0.239. The fourth-order valence-corrected chi connectivity index (χ4v) is 3.00. The monoisotopic (exact) mass is 406 g/mol. The van der Waals surface area contributed by atoms with Crippen LogP contribution in [-0.4, -0.2) is 53.0 Å². The number of hydrogen-bond donors (Lipinski definition) is 2. The van der Waals surface area contributed by atoms with Crippen LogP contribution in [0.15, 0.2) is 33.5 Å². The van der Waals surface area contributed by atoms with Gasteiger partial charge in [0.2, 0.25) is 0 Å². The first-order valence-corrected chi connectivity index (χ1v) is 9.18. The Balaban J connectivity index is 1.76. The molecular formula is C20H23FN2O6. The van der Waals surface area contributed by atoms with Gasteiger partial charge in [0.15, 0.2) is 5.43 Å². The molecule has 1 aliphatic heterocycles. The van der Waals surface area contributed by atoms with Crippen LogP contribution in [-0.2, 0) is 11.3 Å². The van der Waals surface area contributed by atoms with E-state index in [1.165, 1.54) is 29.2 Å². The molecule has 156 valence electrons. The smallest absolute Gasteiger partial charge is 0.408 e. The van der Waals surface area contributed by atoms with Crippen molar-refractivity contribution in [1.82, 2.24) is 10.2 Å². The normalized spacial score (nSPS) is 19.4. The van der Waals surface area contributed by atoms with Gasteiger partial charge in [-0.25, -0.2) is 9.18 Å². The fraction of sp³-hybridized carbons (Fsp3) is 0.450. The maximum Gasteiger partial charge on any atom is 0.408 e. The molecule has 2 N–H and O–H groups in total. The molecule has 2 aromatic rings. The minimum Gasteiger partial charge on any atom is -0.459 e. The Morgan fingerprint density at radius 2 is 2.03 bits per heavy atom. The summed E-state index contributed by atoms with van der Waals surface area (Å²) in [4.78, 5) is 37.9. The first-order valence-electron chi connectivity index (χ1n) is 9.18. The topological polar surface area (TPSA) is 109 Å². The van der Waals surface area contributed by atoms with Crippen LogP contribution >= 0.6 is 0 Å². The molecule has 2 amide bonds. The molecule has 0 saturated carbocycles. The third kappa shape index (κ3) is 4.92. The SMILES string of the molecule is CC(C)(C)OC(=O)NCc1cc(=O)c2cc(C(=O)N3C[C@H](O)[C@@H](F)C3)ccc2o1. The van der Waals surface area contributed by atoms with Crippen molar-refractivity contribution < 1.29 is 28.2 Å². The maximum absolute atomic E-state index is 13.5. The number of nitrogens with zero attached hydrogens (tertiary/aromatic N) is 1. The van der Waals surface area contributed by atoms with E-state index in [0.29, 0.717) is 0 Å². The van der Waals surface area contributed by atoms with Gasteiger partial charge in [0, 0.05) is 18.2 Å². The number of ether oxygens (including phenoxy) is 1. The number of carbonyl (C=O) groups is 2. The summed E-state index contributed by atoms with van der Waals surface area (Å²) < 4.78 is 24.2. The summed E-state index contributed by atoms with van der Waals surface area (Å²) in [6.45, 7) is 4.88. The average molecular weight is 406 g/mol. The second-order valence-electron chi connectivity index (χ2n) is 7.94. The zero-order valence-electron chi connectivity index (χ0n) is 16.4. The summed E-state index contributed by atoms with van der Waals surface area (Å²) in [5.41, 5.74) is -0.581. The highest BCUT2D eigenvalue weighted by molar-refractivity contribution is 5.97. The largest absolute Gasteiger partial charge is 0.459 e. The highest BCUT2D eigenvalue weighted by Gasteiger charge is 2.34. The van der Waals surface area contributed by atoms with Gasteiger partial charge in [-0.2, -0.15) is 0 Å². The highest BCUT2D eigenvalue weighted by atomic mass is 19.1. The van der Waals surface area contributed by atoms with Gasteiger partial charge in [-0.3, -0.25) is 9.59 Å². The zero-order valence-corrected chi connectivity index (χ0v) is 16.4. The lowest BCUT2D eigenvalue weighted by Gasteiger charge is -2.19. The van der Waals surface area contributed by atoms with Crippen LogP contribution in [0, 0.1) is 0 Å². The molecule has 8 nitrogen and oxygen atoms in total. The number of aliphatic hydroxyl groups is 1. The number of amides is 2. The Hall–Kier alpha value is -2.94. The molecule has 0 unspecified atom stereocenters. The molecule has 1 aromatic carbocycles. The molecule has 1 fully saturated rings. The average Bonchev–Trinajstić information content (AvgIpc) is 2.96. The lowest BCUT2D eigenvalue weighted by molar-refractivity contribution is 0.0519. The van der Waals surface area contributed by atoms with Gasteiger partial charge < -0.3 is 24.5 Å². The van der Waals surface area contributed by atoms with Gasteiger partial charge >= 0.3 is 6.09 Å². The molecule has 29 heavy (non-hydrogen) atoms. The molecule has 0 aliphatic carbocycles. The van der Waals surface area contributed by atoms with Gasteiger partial charge in [0.05, 0.1) is 18.5 Å². The van der Waals surface area contributed by atoms with Crippen molar-refractivity contribution in [2.24, 2.45) is 0 Å². The quantitative estimate of drug-likeness (QED) is 0.807. The molecular weight excluding hydrogens is 383 g/mol. The first-order chi connectivity index (χ1) is 13.5. The standard InChI is InChI=1S/C20H23FN2O6/c1-20(2,3)29-19(27)22-8-12-7-15(24)13-6-11(4-5-17(13)28-12)18(26)23-9-14(21)16(25)10-23/h4-7,14,16,25H,8-10H2,1-3H3,(H,22,27)/t14-,16-/m0/s1. The number of rotatable bonds is 3. The minimum atomic E-state index is -1.48. The molecule has 2 heterocycles. The van der Waals surface area contributed by atoms with E-state index in [2.05, 4.69) is 5.32 Å². The van der Waals surface area contributed by atoms with Gasteiger partial charge in [0.25, 0.3) is 5.91 Å². The lowest BCUT2D eigenvalue weighted by Crippen LogP contribution is -2.32. The Morgan fingerprint density at radius 1 is 1.31 bits per heavy atom. The second kappa shape index (κ2) is 7.82. The van der Waals surface area contributed by atoms with Gasteiger partial charge in [0.1, 0.15) is 29.2 Å². The Bertz CT molecular complexity index is 987. The number of aliphatic hydroxyl groups excluding tert-OH is 1. The van der Waals surface area contributed by atoms with Crippen molar-refractivity contribution in [2.45, 2.75) is 45.2 Å². The van der Waals surface area contributed by atoms with E-state index >= 15 is 0 Å². The van der Waals surface area contributed by atoms with Gasteiger partial charge in [-0.1, -0.05) is 0 Å². The molecule has 1 aromatic heterocycles. The van der Waals surface area contributed by atoms with Crippen LogP contribution in [0.25, 0.3) is 11.0 Å². The number of fused-ring (bicyclic) bond motifs is 1. The first kappa shape index (κ1) is 20.8. The molecule has 1 aliphatic rings. The van der Waals surface area contributed by atoms with E-state index < -0.39 is 29.9 Å². The van der Waals surface area contributed by atoms with Crippen molar-refractivity contribution in [3.63, 3.8) is 0 Å². The minimum absolute atomic E-state index is 0.0374. The van der Waals surface area contributed by atoms with E-state index in [1.807, 2.05) is 0 Å². The Morgan fingerprint density at radius 3 is 2.66 bits per heavy atom. The van der Waals surface area contributed by atoms with E-state index in [1.54, 1.807) is 20.8 Å². The number of nitrogens with one attached hydrogen (secondary N) is 1. The van der Waals surface area contributed by atoms with E-state index in [4.69, 9.17) is 9.15 Å². The summed E-state index contributed by atoms with van der Waals surface area (Å²) in [6, 6.07) is 5.55. The highest BCUT2D eigenvalue weighted by Crippen LogP contribution is 2.20. The third-order valence-corrected chi connectivity index (χ3v) is 4.34.